The molecule has 1 aromatic heterocycles. The second-order valence-electron chi connectivity index (χ2n) is 6.42. The summed E-state index contributed by atoms with van der Waals surface area (Å²) < 4.78 is 5.40. The molecule has 0 aliphatic carbocycles. The first kappa shape index (κ1) is 17.7. The summed E-state index contributed by atoms with van der Waals surface area (Å²) in [6.07, 6.45) is -0.877. The highest BCUT2D eigenvalue weighted by molar-refractivity contribution is 6.00. The van der Waals surface area contributed by atoms with E-state index in [4.69, 9.17) is 4.74 Å². The van der Waals surface area contributed by atoms with Gasteiger partial charge in [0.05, 0.1) is 5.56 Å². The van der Waals surface area contributed by atoms with Crippen molar-refractivity contribution >= 4 is 28.5 Å². The topological polar surface area (TPSA) is 62.4 Å². The normalized spacial score (nSPS) is 12.0. The van der Waals surface area contributed by atoms with E-state index in [2.05, 4.69) is 4.98 Å². The quantitative estimate of drug-likeness (QED) is 0.724. The second-order valence-corrected chi connectivity index (χ2v) is 6.42. The van der Waals surface area contributed by atoms with Gasteiger partial charge >= 0.3 is 5.97 Å². The van der Waals surface area contributed by atoms with Crippen LogP contribution in [-0.2, 0) is 9.53 Å². The fraction of sp³-hybridized carbons (Fsp3) is 0.238. The molecule has 1 atom stereocenters. The van der Waals surface area contributed by atoms with Gasteiger partial charge in [-0.25, -0.2) is 4.79 Å². The van der Waals surface area contributed by atoms with Crippen LogP contribution >= 0.6 is 0 Å². The van der Waals surface area contributed by atoms with Crippen molar-refractivity contribution in [1.82, 2.24) is 4.98 Å². The number of hydrogen-bond acceptors (Lipinski definition) is 3. The molecule has 2 aromatic carbocycles. The number of likely N-dealkylation sites (N-methyl/N-ethyl adjacent to an activating group) is 1. The Balaban J connectivity index is 1.74. The molecule has 3 aromatic rings. The molecule has 1 amide bonds. The minimum atomic E-state index is -0.877. The van der Waals surface area contributed by atoms with Crippen LogP contribution in [0.4, 0.5) is 5.69 Å². The third kappa shape index (κ3) is 3.33. The molecule has 0 radical (unpaired) electrons. The fourth-order valence-electron chi connectivity index (χ4n) is 2.92. The van der Waals surface area contributed by atoms with Crippen LogP contribution in [0.3, 0.4) is 0 Å². The molecule has 0 bridgehead atoms. The van der Waals surface area contributed by atoms with Crippen molar-refractivity contribution in [2.75, 3.05) is 11.9 Å². The molecule has 1 heterocycles. The molecule has 0 aliphatic heterocycles. The number of aryl methyl sites for hydroxylation is 2. The summed E-state index contributed by atoms with van der Waals surface area (Å²) in [4.78, 5) is 29.8. The number of anilines is 1. The van der Waals surface area contributed by atoms with E-state index in [0.29, 0.717) is 5.56 Å². The monoisotopic (exact) mass is 350 g/mol. The highest BCUT2D eigenvalue weighted by Gasteiger charge is 2.23. The number of aromatic nitrogens is 1. The Labute approximate surface area is 152 Å². The number of benzene rings is 2. The van der Waals surface area contributed by atoms with Gasteiger partial charge in [-0.15, -0.1) is 0 Å². The van der Waals surface area contributed by atoms with Gasteiger partial charge in [0.25, 0.3) is 5.91 Å². The maximum absolute atomic E-state index is 12.5. The van der Waals surface area contributed by atoms with Crippen molar-refractivity contribution in [3.8, 4) is 0 Å². The fourth-order valence-corrected chi connectivity index (χ4v) is 2.92. The Hall–Kier alpha value is -3.08. The number of esters is 1. The van der Waals surface area contributed by atoms with Gasteiger partial charge < -0.3 is 14.6 Å². The number of carbonyl (C=O) groups is 2. The van der Waals surface area contributed by atoms with Gasteiger partial charge in [0, 0.05) is 29.3 Å². The third-order valence-corrected chi connectivity index (χ3v) is 4.65. The molecular weight excluding hydrogens is 328 g/mol. The third-order valence-electron chi connectivity index (χ3n) is 4.65. The molecule has 134 valence electrons. The van der Waals surface area contributed by atoms with Crippen molar-refractivity contribution < 1.29 is 14.3 Å². The summed E-state index contributed by atoms with van der Waals surface area (Å²) >= 11 is 0. The number of nitrogens with zero attached hydrogens (tertiary/aromatic N) is 1. The van der Waals surface area contributed by atoms with E-state index in [0.717, 1.165) is 27.8 Å². The molecule has 0 unspecified atom stereocenters. The number of aromatic amines is 1. The van der Waals surface area contributed by atoms with Crippen LogP contribution in [0.1, 0.15) is 28.5 Å². The molecule has 1 N–H and O–H groups in total. The standard InChI is InChI=1S/C21H22N2O3/c1-13-14(2)22-19-11-10-16(12-18(13)19)21(25)26-15(3)20(24)23(4)17-8-6-5-7-9-17/h5-12,15,22H,1-4H3/t15-/m1/s1. The molecule has 0 saturated carbocycles. The lowest BCUT2D eigenvalue weighted by molar-refractivity contribution is -0.126. The first-order valence-electron chi connectivity index (χ1n) is 8.51. The van der Waals surface area contributed by atoms with E-state index in [-0.39, 0.29) is 5.91 Å². The van der Waals surface area contributed by atoms with Gasteiger partial charge in [0.2, 0.25) is 0 Å². The molecule has 0 aliphatic rings. The number of H-pyrrole nitrogens is 1. The minimum absolute atomic E-state index is 0.278. The van der Waals surface area contributed by atoms with Crippen LogP contribution in [0.2, 0.25) is 0 Å². The maximum atomic E-state index is 12.5. The highest BCUT2D eigenvalue weighted by atomic mass is 16.5. The largest absolute Gasteiger partial charge is 0.449 e. The number of rotatable bonds is 4. The molecule has 3 rings (SSSR count). The molecule has 0 fully saturated rings. The highest BCUT2D eigenvalue weighted by Crippen LogP contribution is 2.23. The van der Waals surface area contributed by atoms with E-state index in [1.54, 1.807) is 26.1 Å². The van der Waals surface area contributed by atoms with Crippen LogP contribution in [0, 0.1) is 13.8 Å². The summed E-state index contributed by atoms with van der Waals surface area (Å²) in [5.41, 5.74) is 4.33. The van der Waals surface area contributed by atoms with Crippen molar-refractivity contribution in [2.45, 2.75) is 26.9 Å². The number of carbonyl (C=O) groups excluding carboxylic acids is 2. The van der Waals surface area contributed by atoms with Gasteiger partial charge in [-0.1, -0.05) is 18.2 Å². The zero-order valence-electron chi connectivity index (χ0n) is 15.4. The lowest BCUT2D eigenvalue weighted by atomic mass is 10.1. The van der Waals surface area contributed by atoms with Gasteiger partial charge in [0.1, 0.15) is 0 Å². The number of ether oxygens (including phenoxy) is 1. The molecule has 5 nitrogen and oxygen atoms in total. The van der Waals surface area contributed by atoms with Gasteiger partial charge in [-0.05, 0) is 56.7 Å². The van der Waals surface area contributed by atoms with Crippen LogP contribution in [0.15, 0.2) is 48.5 Å². The van der Waals surface area contributed by atoms with Crippen LogP contribution in [0.25, 0.3) is 10.9 Å². The smallest absolute Gasteiger partial charge is 0.338 e. The van der Waals surface area contributed by atoms with Crippen LogP contribution < -0.4 is 4.90 Å². The minimum Gasteiger partial charge on any atom is -0.449 e. The van der Waals surface area contributed by atoms with Crippen molar-refractivity contribution in [2.24, 2.45) is 0 Å². The zero-order chi connectivity index (χ0) is 18.8. The second kappa shape index (κ2) is 7.04. The van der Waals surface area contributed by atoms with E-state index in [1.165, 1.54) is 4.90 Å². The average Bonchev–Trinajstić information content (AvgIpc) is 2.94. The summed E-state index contributed by atoms with van der Waals surface area (Å²) in [6, 6.07) is 14.6. The van der Waals surface area contributed by atoms with Crippen molar-refractivity contribution in [3.05, 3.63) is 65.4 Å². The first-order valence-corrected chi connectivity index (χ1v) is 8.51. The predicted octanol–water partition coefficient (Wildman–Crippen LogP) is 3.99. The van der Waals surface area contributed by atoms with E-state index < -0.39 is 12.1 Å². The van der Waals surface area contributed by atoms with E-state index in [9.17, 15) is 9.59 Å². The Kier molecular flexibility index (Phi) is 4.80. The number of hydrogen-bond donors (Lipinski definition) is 1. The SMILES string of the molecule is Cc1[nH]c2ccc(C(=O)O[C@H](C)C(=O)N(C)c3ccccc3)cc2c1C. The average molecular weight is 350 g/mol. The Morgan fingerprint density at radius 1 is 1.08 bits per heavy atom. The molecule has 0 saturated heterocycles. The zero-order valence-corrected chi connectivity index (χ0v) is 15.4. The molecule has 5 heteroatoms. The predicted molar refractivity (Wildman–Crippen MR) is 103 cm³/mol. The van der Waals surface area contributed by atoms with E-state index >= 15 is 0 Å². The lowest BCUT2D eigenvalue weighted by Gasteiger charge is -2.21. The summed E-state index contributed by atoms with van der Waals surface area (Å²) in [6.45, 7) is 5.58. The van der Waals surface area contributed by atoms with Crippen LogP contribution in [0.5, 0.6) is 0 Å². The van der Waals surface area contributed by atoms with Crippen LogP contribution in [-0.4, -0.2) is 30.0 Å². The summed E-state index contributed by atoms with van der Waals surface area (Å²) in [5.74, 6) is -0.785. The van der Waals surface area contributed by atoms with E-state index in [1.807, 2.05) is 50.2 Å². The van der Waals surface area contributed by atoms with Crippen molar-refractivity contribution in [1.29, 1.82) is 0 Å². The summed E-state index contributed by atoms with van der Waals surface area (Å²) in [7, 11) is 1.67. The first-order chi connectivity index (χ1) is 12.4. The number of para-hydroxylation sites is 1. The molecular formula is C21H22N2O3. The molecule has 26 heavy (non-hydrogen) atoms. The van der Waals surface area contributed by atoms with Gasteiger partial charge in [-0.2, -0.15) is 0 Å². The lowest BCUT2D eigenvalue weighted by Crippen LogP contribution is -2.37. The van der Waals surface area contributed by atoms with Gasteiger partial charge in [-0.3, -0.25) is 4.79 Å². The Bertz CT molecular complexity index is 960. The number of nitrogens with one attached hydrogen (secondary N) is 1. The van der Waals surface area contributed by atoms with Crippen molar-refractivity contribution in [3.63, 3.8) is 0 Å². The summed E-state index contributed by atoms with van der Waals surface area (Å²) in [5, 5.41) is 0.984. The Morgan fingerprint density at radius 3 is 2.46 bits per heavy atom. The molecule has 0 spiro atoms. The van der Waals surface area contributed by atoms with Gasteiger partial charge in [0.15, 0.2) is 6.10 Å². The number of fused-ring (bicyclic) bond motifs is 1. The maximum Gasteiger partial charge on any atom is 0.338 e. The Morgan fingerprint density at radius 2 is 1.77 bits per heavy atom. The number of amides is 1.